The average Bonchev–Trinajstić information content (AvgIpc) is 3.22. The molecule has 2 aromatic rings. The summed E-state index contributed by atoms with van der Waals surface area (Å²) in [5.41, 5.74) is 3.90. The van der Waals surface area contributed by atoms with Crippen molar-refractivity contribution in [2.75, 3.05) is 58.0 Å². The first-order chi connectivity index (χ1) is 14.2. The third kappa shape index (κ3) is 4.77. The van der Waals surface area contributed by atoms with Crippen molar-refractivity contribution >= 4 is 11.6 Å². The fourth-order valence-electron chi connectivity index (χ4n) is 4.13. The fourth-order valence-corrected chi connectivity index (χ4v) is 4.13. The number of benzene rings is 1. The Bertz CT molecular complexity index is 791. The zero-order valence-electron chi connectivity index (χ0n) is 17.0. The summed E-state index contributed by atoms with van der Waals surface area (Å²) < 4.78 is 10.3. The van der Waals surface area contributed by atoms with E-state index in [1.165, 1.54) is 16.8 Å². The van der Waals surface area contributed by atoms with Crippen molar-refractivity contribution in [3.05, 3.63) is 59.9 Å². The Morgan fingerprint density at radius 2 is 1.90 bits per heavy atom. The zero-order valence-corrected chi connectivity index (χ0v) is 17.0. The number of methoxy groups -OCH3 is 1. The Labute approximate surface area is 172 Å². The van der Waals surface area contributed by atoms with Gasteiger partial charge in [-0.25, -0.2) is 0 Å². The van der Waals surface area contributed by atoms with Crippen molar-refractivity contribution in [1.29, 1.82) is 0 Å². The van der Waals surface area contributed by atoms with Crippen LogP contribution >= 0.6 is 0 Å². The first-order valence-corrected chi connectivity index (χ1v) is 10.3. The van der Waals surface area contributed by atoms with Crippen LogP contribution in [0.25, 0.3) is 0 Å². The van der Waals surface area contributed by atoms with Crippen molar-refractivity contribution in [1.82, 2.24) is 9.88 Å². The van der Waals surface area contributed by atoms with Gasteiger partial charge in [-0.1, -0.05) is 18.2 Å². The predicted molar refractivity (Wildman–Crippen MR) is 112 cm³/mol. The molecule has 29 heavy (non-hydrogen) atoms. The van der Waals surface area contributed by atoms with Crippen LogP contribution in [-0.2, 0) is 14.3 Å². The van der Waals surface area contributed by atoms with E-state index < -0.39 is 0 Å². The number of pyridine rings is 1. The van der Waals surface area contributed by atoms with Crippen LogP contribution in [0.1, 0.15) is 29.4 Å². The van der Waals surface area contributed by atoms with Crippen LogP contribution in [0.4, 0.5) is 5.69 Å². The molecule has 6 heteroatoms. The van der Waals surface area contributed by atoms with Gasteiger partial charge >= 0.3 is 0 Å². The number of rotatable bonds is 8. The molecule has 3 heterocycles. The van der Waals surface area contributed by atoms with Crippen LogP contribution in [0.5, 0.6) is 0 Å². The lowest BCUT2D eigenvalue weighted by Gasteiger charge is -2.41. The summed E-state index contributed by atoms with van der Waals surface area (Å²) in [6.07, 6.45) is 4.81. The molecule has 0 N–H and O–H groups in total. The molecule has 4 rings (SSSR count). The molecular formula is C23H29N3O3. The molecule has 0 aliphatic carbocycles. The maximum absolute atomic E-state index is 12.3. The summed E-state index contributed by atoms with van der Waals surface area (Å²) in [4.78, 5) is 20.8. The molecule has 2 saturated heterocycles. The van der Waals surface area contributed by atoms with Crippen LogP contribution in [0.15, 0.2) is 48.8 Å². The van der Waals surface area contributed by atoms with Crippen LogP contribution in [0.3, 0.4) is 0 Å². The number of amides is 1. The fraction of sp³-hybridized carbons (Fsp3) is 0.478. The number of nitrogens with zero attached hydrogens (tertiary/aromatic N) is 3. The minimum Gasteiger partial charge on any atom is -0.382 e. The minimum atomic E-state index is 0.0715. The quantitative estimate of drug-likeness (QED) is 0.643. The molecule has 0 saturated carbocycles. The van der Waals surface area contributed by atoms with Crippen LogP contribution in [-0.4, -0.2) is 68.9 Å². The largest absolute Gasteiger partial charge is 0.382 e. The summed E-state index contributed by atoms with van der Waals surface area (Å²) in [5.74, 6) is 1.05. The number of carbonyl (C=O) groups excluding carboxylic acids is 1. The molecule has 1 aromatic heterocycles. The number of anilines is 1. The van der Waals surface area contributed by atoms with Gasteiger partial charge < -0.3 is 19.3 Å². The Kier molecular flexibility index (Phi) is 6.42. The van der Waals surface area contributed by atoms with E-state index in [4.69, 9.17) is 9.47 Å². The lowest BCUT2D eigenvalue weighted by atomic mass is 9.91. The number of carbonyl (C=O) groups is 1. The van der Waals surface area contributed by atoms with Crippen LogP contribution in [0, 0.1) is 0 Å². The SMILES string of the molecule is COCCOCC(=O)N1CCC(c2ccc(N3CC(c4cccnc4)C3)cc2)C1. The zero-order chi connectivity index (χ0) is 20.1. The highest BCUT2D eigenvalue weighted by Gasteiger charge is 2.30. The molecule has 0 spiro atoms. The van der Waals surface area contributed by atoms with Crippen molar-refractivity contribution in [3.63, 3.8) is 0 Å². The number of ether oxygens (including phenoxy) is 2. The molecule has 2 aliphatic rings. The van der Waals surface area contributed by atoms with Crippen molar-refractivity contribution in [2.45, 2.75) is 18.3 Å². The second kappa shape index (κ2) is 9.37. The van der Waals surface area contributed by atoms with Crippen LogP contribution < -0.4 is 4.90 Å². The van der Waals surface area contributed by atoms with E-state index in [9.17, 15) is 4.79 Å². The molecule has 1 aromatic carbocycles. The first kappa shape index (κ1) is 19.9. The monoisotopic (exact) mass is 395 g/mol. The molecule has 154 valence electrons. The molecule has 1 atom stereocenters. The van der Waals surface area contributed by atoms with Gasteiger partial charge in [-0.2, -0.15) is 0 Å². The Morgan fingerprint density at radius 1 is 1.07 bits per heavy atom. The molecule has 6 nitrogen and oxygen atoms in total. The maximum Gasteiger partial charge on any atom is 0.248 e. The predicted octanol–water partition coefficient (Wildman–Crippen LogP) is 2.66. The summed E-state index contributed by atoms with van der Waals surface area (Å²) in [6.45, 7) is 4.78. The van der Waals surface area contributed by atoms with E-state index in [0.717, 1.165) is 32.6 Å². The van der Waals surface area contributed by atoms with E-state index in [2.05, 4.69) is 40.2 Å². The van der Waals surface area contributed by atoms with E-state index in [1.807, 2.05) is 23.4 Å². The van der Waals surface area contributed by atoms with Gasteiger partial charge in [-0.05, 0) is 35.7 Å². The highest BCUT2D eigenvalue weighted by Crippen LogP contribution is 2.33. The van der Waals surface area contributed by atoms with Gasteiger partial charge in [0.05, 0.1) is 13.2 Å². The van der Waals surface area contributed by atoms with Gasteiger partial charge in [-0.15, -0.1) is 0 Å². The third-order valence-electron chi connectivity index (χ3n) is 5.97. The normalized spacial score (nSPS) is 19.4. The topological polar surface area (TPSA) is 54.9 Å². The molecule has 2 fully saturated rings. The number of hydrogen-bond acceptors (Lipinski definition) is 5. The van der Waals surface area contributed by atoms with Gasteiger partial charge in [0, 0.05) is 63.2 Å². The Morgan fingerprint density at radius 3 is 2.62 bits per heavy atom. The number of likely N-dealkylation sites (tertiary alicyclic amines) is 1. The van der Waals surface area contributed by atoms with Gasteiger partial charge in [0.25, 0.3) is 0 Å². The van der Waals surface area contributed by atoms with E-state index >= 15 is 0 Å². The van der Waals surface area contributed by atoms with Gasteiger partial charge in [0.1, 0.15) is 6.61 Å². The Balaban J connectivity index is 1.25. The van der Waals surface area contributed by atoms with E-state index in [0.29, 0.717) is 25.0 Å². The lowest BCUT2D eigenvalue weighted by Crippen LogP contribution is -2.45. The summed E-state index contributed by atoms with van der Waals surface area (Å²) in [6, 6.07) is 13.0. The second-order valence-electron chi connectivity index (χ2n) is 7.85. The minimum absolute atomic E-state index is 0.0715. The molecule has 1 amide bonds. The van der Waals surface area contributed by atoms with E-state index in [1.54, 1.807) is 7.11 Å². The van der Waals surface area contributed by atoms with Crippen LogP contribution in [0.2, 0.25) is 0 Å². The second-order valence-corrected chi connectivity index (χ2v) is 7.85. The standard InChI is InChI=1S/C23H29N3O3/c1-28-11-12-29-17-23(27)25-10-8-20(14-25)18-4-6-22(7-5-18)26-15-21(16-26)19-3-2-9-24-13-19/h2-7,9,13,20-21H,8,10-12,14-17H2,1H3. The lowest BCUT2D eigenvalue weighted by molar-refractivity contribution is -0.135. The molecule has 0 bridgehead atoms. The molecular weight excluding hydrogens is 366 g/mol. The van der Waals surface area contributed by atoms with Crippen molar-refractivity contribution < 1.29 is 14.3 Å². The number of aromatic nitrogens is 1. The smallest absolute Gasteiger partial charge is 0.248 e. The third-order valence-corrected chi connectivity index (χ3v) is 5.97. The Hall–Kier alpha value is -2.44. The maximum atomic E-state index is 12.3. The van der Waals surface area contributed by atoms with Gasteiger partial charge in [-0.3, -0.25) is 9.78 Å². The summed E-state index contributed by atoms with van der Waals surface area (Å²) in [7, 11) is 1.63. The first-order valence-electron chi connectivity index (χ1n) is 10.3. The molecule has 0 radical (unpaired) electrons. The molecule has 2 aliphatic heterocycles. The summed E-state index contributed by atoms with van der Waals surface area (Å²) in [5, 5.41) is 0. The highest BCUT2D eigenvalue weighted by molar-refractivity contribution is 5.77. The van der Waals surface area contributed by atoms with E-state index in [-0.39, 0.29) is 12.5 Å². The van der Waals surface area contributed by atoms with Crippen molar-refractivity contribution in [3.8, 4) is 0 Å². The average molecular weight is 396 g/mol. The summed E-state index contributed by atoms with van der Waals surface area (Å²) >= 11 is 0. The highest BCUT2D eigenvalue weighted by atomic mass is 16.5. The molecule has 1 unspecified atom stereocenters. The van der Waals surface area contributed by atoms with Gasteiger partial charge in [0.15, 0.2) is 0 Å². The van der Waals surface area contributed by atoms with Crippen molar-refractivity contribution in [2.24, 2.45) is 0 Å². The number of hydrogen-bond donors (Lipinski definition) is 0. The van der Waals surface area contributed by atoms with Gasteiger partial charge in [0.2, 0.25) is 5.91 Å².